The van der Waals surface area contributed by atoms with Crippen LogP contribution in [0.4, 0.5) is 0 Å². The van der Waals surface area contributed by atoms with Gasteiger partial charge in [-0.15, -0.1) is 0 Å². The molecule has 1 aromatic heterocycles. The molecule has 0 spiro atoms. The van der Waals surface area contributed by atoms with E-state index < -0.39 is 5.41 Å². The Morgan fingerprint density at radius 1 is 1.18 bits per heavy atom. The molecule has 1 saturated carbocycles. The van der Waals surface area contributed by atoms with E-state index in [1.54, 1.807) is 12.4 Å². The van der Waals surface area contributed by atoms with Crippen LogP contribution in [0.15, 0.2) is 48.8 Å². The highest BCUT2D eigenvalue weighted by atomic mass is 35.5. The van der Waals surface area contributed by atoms with E-state index >= 15 is 0 Å². The van der Waals surface area contributed by atoms with Crippen LogP contribution in [0.3, 0.4) is 0 Å². The molecule has 1 fully saturated rings. The minimum atomic E-state index is -0.410. The van der Waals surface area contributed by atoms with Crippen LogP contribution in [0.25, 0.3) is 0 Å². The average molecular weight is 315 g/mol. The maximum absolute atomic E-state index is 12.9. The number of aromatic nitrogens is 1. The van der Waals surface area contributed by atoms with Gasteiger partial charge in [0.1, 0.15) is 0 Å². The summed E-state index contributed by atoms with van der Waals surface area (Å²) in [6.45, 7) is 0.516. The predicted octanol–water partition coefficient (Wildman–Crippen LogP) is 3.86. The Labute approximate surface area is 135 Å². The third-order valence-corrected chi connectivity index (χ3v) is 4.72. The van der Waals surface area contributed by atoms with Crippen LogP contribution in [-0.2, 0) is 16.8 Å². The van der Waals surface area contributed by atoms with Gasteiger partial charge in [-0.3, -0.25) is 9.78 Å². The highest BCUT2D eigenvalue weighted by Gasteiger charge is 2.42. The van der Waals surface area contributed by atoms with Crippen molar-refractivity contribution in [3.63, 3.8) is 0 Å². The van der Waals surface area contributed by atoms with E-state index in [1.165, 1.54) is 0 Å². The van der Waals surface area contributed by atoms with Crippen molar-refractivity contribution in [3.05, 3.63) is 64.9 Å². The number of amides is 1. The molecule has 22 heavy (non-hydrogen) atoms. The highest BCUT2D eigenvalue weighted by molar-refractivity contribution is 6.30. The monoisotopic (exact) mass is 314 g/mol. The van der Waals surface area contributed by atoms with Gasteiger partial charge in [-0.2, -0.15) is 0 Å². The average Bonchev–Trinajstić information content (AvgIpc) is 3.05. The van der Waals surface area contributed by atoms with E-state index in [0.29, 0.717) is 11.6 Å². The second-order valence-electron chi connectivity index (χ2n) is 5.84. The molecule has 1 aliphatic carbocycles. The van der Waals surface area contributed by atoms with Gasteiger partial charge >= 0.3 is 0 Å². The third-order valence-electron chi connectivity index (χ3n) is 4.46. The van der Waals surface area contributed by atoms with Crippen molar-refractivity contribution in [3.8, 4) is 0 Å². The Morgan fingerprint density at radius 2 is 1.91 bits per heavy atom. The Bertz CT molecular complexity index is 634. The molecule has 0 unspecified atom stereocenters. The zero-order chi connectivity index (χ0) is 15.4. The zero-order valence-electron chi connectivity index (χ0n) is 12.4. The van der Waals surface area contributed by atoms with Crippen molar-refractivity contribution < 1.29 is 4.79 Å². The fraction of sp³-hybridized carbons (Fsp3) is 0.333. The van der Waals surface area contributed by atoms with Crippen molar-refractivity contribution in [2.24, 2.45) is 0 Å². The molecule has 114 valence electrons. The standard InChI is InChI=1S/C18H19ClN2O/c19-16-7-5-15(6-8-16)18(9-1-2-10-18)17(22)21-13-14-4-3-11-20-12-14/h3-8,11-12H,1-2,9-10,13H2,(H,21,22). The predicted molar refractivity (Wildman–Crippen MR) is 87.7 cm³/mol. The van der Waals surface area contributed by atoms with Crippen molar-refractivity contribution in [1.29, 1.82) is 0 Å². The number of halogens is 1. The topological polar surface area (TPSA) is 42.0 Å². The molecule has 2 aromatic rings. The summed E-state index contributed by atoms with van der Waals surface area (Å²) >= 11 is 5.98. The summed E-state index contributed by atoms with van der Waals surface area (Å²) in [7, 11) is 0. The second kappa shape index (κ2) is 6.49. The minimum absolute atomic E-state index is 0.108. The van der Waals surface area contributed by atoms with Gasteiger partial charge in [-0.25, -0.2) is 0 Å². The number of hydrogen-bond donors (Lipinski definition) is 1. The van der Waals surface area contributed by atoms with Gasteiger partial charge in [0.2, 0.25) is 5.91 Å². The van der Waals surface area contributed by atoms with Gasteiger partial charge in [0.15, 0.2) is 0 Å². The summed E-state index contributed by atoms with van der Waals surface area (Å²) in [6, 6.07) is 11.5. The number of nitrogens with one attached hydrogen (secondary N) is 1. The van der Waals surface area contributed by atoms with Crippen LogP contribution < -0.4 is 5.32 Å². The van der Waals surface area contributed by atoms with Gasteiger partial charge in [0.25, 0.3) is 0 Å². The molecule has 1 aromatic carbocycles. The molecule has 0 bridgehead atoms. The molecule has 0 saturated heterocycles. The maximum atomic E-state index is 12.9. The fourth-order valence-electron chi connectivity index (χ4n) is 3.25. The summed E-state index contributed by atoms with van der Waals surface area (Å²) in [4.78, 5) is 16.9. The lowest BCUT2D eigenvalue weighted by molar-refractivity contribution is -0.126. The van der Waals surface area contributed by atoms with E-state index in [9.17, 15) is 4.79 Å². The number of hydrogen-bond acceptors (Lipinski definition) is 2. The first-order valence-electron chi connectivity index (χ1n) is 7.64. The lowest BCUT2D eigenvalue weighted by Crippen LogP contribution is -2.42. The Balaban J connectivity index is 1.78. The zero-order valence-corrected chi connectivity index (χ0v) is 13.1. The second-order valence-corrected chi connectivity index (χ2v) is 6.28. The molecular formula is C18H19ClN2O. The normalized spacial score (nSPS) is 16.4. The fourth-order valence-corrected chi connectivity index (χ4v) is 3.37. The van der Waals surface area contributed by atoms with Crippen molar-refractivity contribution in [2.45, 2.75) is 37.6 Å². The first-order valence-corrected chi connectivity index (χ1v) is 8.02. The number of carbonyl (C=O) groups excluding carboxylic acids is 1. The van der Waals surface area contributed by atoms with Gasteiger partial charge < -0.3 is 5.32 Å². The number of carbonyl (C=O) groups is 1. The van der Waals surface area contributed by atoms with E-state index in [4.69, 9.17) is 11.6 Å². The molecule has 3 rings (SSSR count). The summed E-state index contributed by atoms with van der Waals surface area (Å²) in [6.07, 6.45) is 7.48. The largest absolute Gasteiger partial charge is 0.351 e. The number of benzene rings is 1. The Hall–Kier alpha value is -1.87. The first-order chi connectivity index (χ1) is 10.7. The number of pyridine rings is 1. The Morgan fingerprint density at radius 3 is 2.55 bits per heavy atom. The molecule has 3 nitrogen and oxygen atoms in total. The van der Waals surface area contributed by atoms with Gasteiger partial charge in [0, 0.05) is 24.0 Å². The SMILES string of the molecule is O=C(NCc1cccnc1)C1(c2ccc(Cl)cc2)CCCC1. The lowest BCUT2D eigenvalue weighted by atomic mass is 9.78. The number of rotatable bonds is 4. The van der Waals surface area contributed by atoms with Crippen molar-refractivity contribution in [2.75, 3.05) is 0 Å². The molecule has 0 aliphatic heterocycles. The molecule has 0 atom stereocenters. The summed E-state index contributed by atoms with van der Waals surface area (Å²) in [5, 5.41) is 3.78. The molecule has 1 aliphatic rings. The van der Waals surface area contributed by atoms with E-state index in [2.05, 4.69) is 10.3 Å². The first kappa shape index (κ1) is 15.0. The van der Waals surface area contributed by atoms with Gasteiger partial charge in [-0.05, 0) is 42.2 Å². The third kappa shape index (κ3) is 3.00. The Kier molecular flexibility index (Phi) is 4.44. The van der Waals surface area contributed by atoms with Crippen LogP contribution in [0.1, 0.15) is 36.8 Å². The summed E-state index contributed by atoms with van der Waals surface area (Å²) < 4.78 is 0. The molecule has 1 N–H and O–H groups in total. The maximum Gasteiger partial charge on any atom is 0.230 e. The summed E-state index contributed by atoms with van der Waals surface area (Å²) in [5.74, 6) is 0.108. The quantitative estimate of drug-likeness (QED) is 0.931. The van der Waals surface area contributed by atoms with Crippen LogP contribution in [-0.4, -0.2) is 10.9 Å². The molecule has 1 amide bonds. The van der Waals surface area contributed by atoms with Crippen LogP contribution >= 0.6 is 11.6 Å². The molecule has 4 heteroatoms. The molecule has 1 heterocycles. The van der Waals surface area contributed by atoms with E-state index in [1.807, 2.05) is 36.4 Å². The van der Waals surface area contributed by atoms with Crippen molar-refractivity contribution >= 4 is 17.5 Å². The van der Waals surface area contributed by atoms with E-state index in [0.717, 1.165) is 36.8 Å². The molecule has 0 radical (unpaired) electrons. The van der Waals surface area contributed by atoms with Crippen LogP contribution in [0.5, 0.6) is 0 Å². The van der Waals surface area contributed by atoms with Crippen LogP contribution in [0, 0.1) is 0 Å². The van der Waals surface area contributed by atoms with Gasteiger partial charge in [0.05, 0.1) is 5.41 Å². The molecular weight excluding hydrogens is 296 g/mol. The summed E-state index contributed by atoms with van der Waals surface area (Å²) in [5.41, 5.74) is 1.67. The smallest absolute Gasteiger partial charge is 0.230 e. The minimum Gasteiger partial charge on any atom is -0.351 e. The lowest BCUT2D eigenvalue weighted by Gasteiger charge is -2.28. The van der Waals surface area contributed by atoms with Crippen LogP contribution in [0.2, 0.25) is 5.02 Å². The van der Waals surface area contributed by atoms with Crippen molar-refractivity contribution in [1.82, 2.24) is 10.3 Å². The van der Waals surface area contributed by atoms with Gasteiger partial charge in [-0.1, -0.05) is 42.6 Å². The number of nitrogens with zero attached hydrogens (tertiary/aromatic N) is 1. The van der Waals surface area contributed by atoms with E-state index in [-0.39, 0.29) is 5.91 Å². The highest BCUT2D eigenvalue weighted by Crippen LogP contribution is 2.41.